The monoisotopic (exact) mass is 322 g/mol. The number of hydrogen-bond donors (Lipinski definition) is 3. The number of carbonyl (C=O) groups excluding carboxylic acids is 1. The fourth-order valence-electron chi connectivity index (χ4n) is 1.78. The van der Waals surface area contributed by atoms with E-state index in [-0.39, 0.29) is 12.6 Å². The minimum Gasteiger partial charge on any atom is -0.394 e. The third kappa shape index (κ3) is 4.71. The second-order valence-corrected chi connectivity index (χ2v) is 5.54. The van der Waals surface area contributed by atoms with E-state index in [2.05, 4.69) is 26.2 Å². The number of rotatable bonds is 7. The molecule has 8 nitrogen and oxygen atoms in total. The van der Waals surface area contributed by atoms with Gasteiger partial charge in [0.05, 0.1) is 12.6 Å². The van der Waals surface area contributed by atoms with Gasteiger partial charge in [-0.15, -0.1) is 5.10 Å². The molecule has 9 heteroatoms. The number of aliphatic hydroxyl groups excluding tert-OH is 1. The van der Waals surface area contributed by atoms with E-state index < -0.39 is 6.04 Å². The Kier molecular flexibility index (Phi) is 6.16. The molecule has 0 bridgehead atoms. The minimum absolute atomic E-state index is 0.156. The normalized spacial score (nSPS) is 11.9. The first-order valence-corrected chi connectivity index (χ1v) is 7.74. The second-order valence-electron chi connectivity index (χ2n) is 4.48. The number of aryl methyl sites for hydroxylation is 1. The number of carbonyl (C=O) groups is 1. The van der Waals surface area contributed by atoms with Gasteiger partial charge in [0, 0.05) is 19.3 Å². The van der Waals surface area contributed by atoms with E-state index in [4.69, 9.17) is 0 Å². The lowest BCUT2D eigenvalue weighted by Crippen LogP contribution is -2.40. The van der Waals surface area contributed by atoms with Crippen LogP contribution in [-0.4, -0.2) is 50.2 Å². The predicted molar refractivity (Wildman–Crippen MR) is 82.3 cm³/mol. The van der Waals surface area contributed by atoms with Crippen molar-refractivity contribution in [2.24, 2.45) is 7.05 Å². The third-order valence-corrected chi connectivity index (χ3v) is 3.90. The number of urea groups is 1. The van der Waals surface area contributed by atoms with Gasteiger partial charge in [-0.25, -0.2) is 9.48 Å². The van der Waals surface area contributed by atoms with E-state index in [1.165, 1.54) is 11.8 Å². The van der Waals surface area contributed by atoms with Gasteiger partial charge in [0.25, 0.3) is 0 Å². The summed E-state index contributed by atoms with van der Waals surface area (Å²) >= 11 is 1.45. The minimum atomic E-state index is -0.420. The first-order chi connectivity index (χ1) is 10.7. The first-order valence-electron chi connectivity index (χ1n) is 6.76. The number of amides is 2. The molecule has 0 saturated heterocycles. The van der Waals surface area contributed by atoms with Crippen LogP contribution < -0.4 is 10.6 Å². The summed E-state index contributed by atoms with van der Waals surface area (Å²) < 4.78 is 1.57. The van der Waals surface area contributed by atoms with Crippen molar-refractivity contribution in [3.8, 4) is 0 Å². The molecule has 0 radical (unpaired) electrons. The Labute approximate surface area is 132 Å². The van der Waals surface area contributed by atoms with E-state index in [0.29, 0.717) is 17.5 Å². The summed E-state index contributed by atoms with van der Waals surface area (Å²) in [5.74, 6) is 0.650. The van der Waals surface area contributed by atoms with Crippen molar-refractivity contribution in [1.82, 2.24) is 30.8 Å². The highest BCUT2D eigenvalue weighted by Crippen LogP contribution is 2.12. The van der Waals surface area contributed by atoms with Crippen LogP contribution in [0.3, 0.4) is 0 Å². The maximum atomic E-state index is 11.8. The molecule has 0 aliphatic carbocycles. The lowest BCUT2D eigenvalue weighted by atomic mass is 10.1. The van der Waals surface area contributed by atoms with Gasteiger partial charge < -0.3 is 15.7 Å². The van der Waals surface area contributed by atoms with E-state index in [0.717, 1.165) is 5.56 Å². The molecule has 118 valence electrons. The zero-order valence-corrected chi connectivity index (χ0v) is 13.0. The molecule has 0 aliphatic heterocycles. The number of aliphatic hydroxyl groups is 1. The predicted octanol–water partition coefficient (Wildman–Crippen LogP) is 0.335. The maximum absolute atomic E-state index is 11.8. The number of hydrogen-bond acceptors (Lipinski definition) is 6. The van der Waals surface area contributed by atoms with Gasteiger partial charge in [-0.05, 0) is 16.0 Å². The van der Waals surface area contributed by atoms with Gasteiger partial charge in [0.1, 0.15) is 0 Å². The van der Waals surface area contributed by atoms with Gasteiger partial charge in [-0.3, -0.25) is 0 Å². The summed E-state index contributed by atoms with van der Waals surface area (Å²) in [6.07, 6.45) is 0. The Morgan fingerprint density at radius 3 is 2.82 bits per heavy atom. The zero-order chi connectivity index (χ0) is 15.8. The van der Waals surface area contributed by atoms with Crippen LogP contribution in [0.4, 0.5) is 4.79 Å². The summed E-state index contributed by atoms with van der Waals surface area (Å²) in [6, 6.07) is 8.59. The third-order valence-electron chi connectivity index (χ3n) is 2.89. The fourth-order valence-corrected chi connectivity index (χ4v) is 2.48. The Morgan fingerprint density at radius 2 is 2.18 bits per heavy atom. The van der Waals surface area contributed by atoms with E-state index in [1.54, 1.807) is 11.7 Å². The number of benzene rings is 1. The van der Waals surface area contributed by atoms with E-state index >= 15 is 0 Å². The first kappa shape index (κ1) is 16.2. The molecule has 0 aliphatic rings. The van der Waals surface area contributed by atoms with Crippen molar-refractivity contribution in [1.29, 1.82) is 0 Å². The summed E-state index contributed by atoms with van der Waals surface area (Å²) in [6.45, 7) is 0.313. The standard InChI is InChI=1S/C13H18N6O2S/c1-19-13(16-17-18-19)22-8-7-14-12(21)15-11(9-20)10-5-3-2-4-6-10/h2-6,11,20H,7-9H2,1H3,(H2,14,15,21)/t11-/m0/s1. The molecule has 2 rings (SSSR count). The lowest BCUT2D eigenvalue weighted by Gasteiger charge is -2.17. The van der Waals surface area contributed by atoms with Gasteiger partial charge >= 0.3 is 6.03 Å². The number of aromatic nitrogens is 4. The number of nitrogens with zero attached hydrogens (tertiary/aromatic N) is 4. The fraction of sp³-hybridized carbons (Fsp3) is 0.385. The van der Waals surface area contributed by atoms with Crippen LogP contribution in [0.15, 0.2) is 35.5 Å². The summed E-state index contributed by atoms with van der Waals surface area (Å²) in [4.78, 5) is 11.8. The molecule has 2 aromatic rings. The Bertz CT molecular complexity index is 591. The van der Waals surface area contributed by atoms with E-state index in [9.17, 15) is 9.90 Å². The molecular weight excluding hydrogens is 304 g/mol. The average Bonchev–Trinajstić information content (AvgIpc) is 2.95. The van der Waals surface area contributed by atoms with Crippen molar-refractivity contribution < 1.29 is 9.90 Å². The molecule has 2 amide bonds. The van der Waals surface area contributed by atoms with Gasteiger partial charge in [0.15, 0.2) is 0 Å². The Hall–Kier alpha value is -2.13. The molecule has 0 unspecified atom stereocenters. The Balaban J connectivity index is 1.72. The number of tetrazole rings is 1. The smallest absolute Gasteiger partial charge is 0.315 e. The van der Waals surface area contributed by atoms with Crippen LogP contribution in [-0.2, 0) is 7.05 Å². The largest absolute Gasteiger partial charge is 0.394 e. The number of nitrogens with one attached hydrogen (secondary N) is 2. The molecule has 3 N–H and O–H groups in total. The van der Waals surface area contributed by atoms with Crippen LogP contribution >= 0.6 is 11.8 Å². The highest BCUT2D eigenvalue weighted by atomic mass is 32.2. The molecule has 0 fully saturated rings. The molecule has 22 heavy (non-hydrogen) atoms. The van der Waals surface area contributed by atoms with Crippen molar-refractivity contribution in [2.45, 2.75) is 11.2 Å². The second kappa shape index (κ2) is 8.35. The summed E-state index contributed by atoms with van der Waals surface area (Å²) in [5.41, 5.74) is 0.861. The molecule has 1 atom stereocenters. The molecule has 1 aromatic carbocycles. The van der Waals surface area contributed by atoms with Crippen molar-refractivity contribution in [3.63, 3.8) is 0 Å². The Morgan fingerprint density at radius 1 is 1.41 bits per heavy atom. The summed E-state index contributed by atoms with van der Waals surface area (Å²) in [5, 5.41) is 26.6. The average molecular weight is 322 g/mol. The van der Waals surface area contributed by atoms with Crippen LogP contribution in [0.5, 0.6) is 0 Å². The van der Waals surface area contributed by atoms with Gasteiger partial charge in [-0.2, -0.15) is 0 Å². The number of thioether (sulfide) groups is 1. The quantitative estimate of drug-likeness (QED) is 0.501. The molecule has 0 saturated carbocycles. The molecule has 1 aromatic heterocycles. The lowest BCUT2D eigenvalue weighted by molar-refractivity contribution is 0.217. The SMILES string of the molecule is Cn1nnnc1SCCNC(=O)N[C@@H](CO)c1ccccc1. The highest BCUT2D eigenvalue weighted by Gasteiger charge is 2.12. The molecular formula is C13H18N6O2S. The van der Waals surface area contributed by atoms with Gasteiger partial charge in [0.2, 0.25) is 5.16 Å². The molecule has 1 heterocycles. The van der Waals surface area contributed by atoms with Crippen LogP contribution in [0.2, 0.25) is 0 Å². The van der Waals surface area contributed by atoms with Crippen molar-refractivity contribution >= 4 is 17.8 Å². The van der Waals surface area contributed by atoms with Gasteiger partial charge in [-0.1, -0.05) is 42.1 Å². The van der Waals surface area contributed by atoms with Crippen molar-refractivity contribution in [2.75, 3.05) is 18.9 Å². The maximum Gasteiger partial charge on any atom is 0.315 e. The van der Waals surface area contributed by atoms with Crippen LogP contribution in [0.1, 0.15) is 11.6 Å². The summed E-state index contributed by atoms with van der Waals surface area (Å²) in [7, 11) is 1.76. The van der Waals surface area contributed by atoms with E-state index in [1.807, 2.05) is 30.3 Å². The van der Waals surface area contributed by atoms with Crippen LogP contribution in [0.25, 0.3) is 0 Å². The highest BCUT2D eigenvalue weighted by molar-refractivity contribution is 7.99. The van der Waals surface area contributed by atoms with Crippen LogP contribution in [0, 0.1) is 0 Å². The van der Waals surface area contributed by atoms with Crippen molar-refractivity contribution in [3.05, 3.63) is 35.9 Å². The molecule has 0 spiro atoms. The topological polar surface area (TPSA) is 105 Å². The zero-order valence-electron chi connectivity index (χ0n) is 12.1.